The van der Waals surface area contributed by atoms with Gasteiger partial charge in [0.15, 0.2) is 5.82 Å². The van der Waals surface area contributed by atoms with Crippen molar-refractivity contribution < 1.29 is 0 Å². The molecular weight excluding hydrogens is 344 g/mol. The number of anilines is 3. The van der Waals surface area contributed by atoms with Crippen LogP contribution in [0.1, 0.15) is 5.56 Å². The zero-order valence-electron chi connectivity index (χ0n) is 12.8. The lowest BCUT2D eigenvalue weighted by Gasteiger charge is -2.32. The Morgan fingerprint density at radius 1 is 1.18 bits per heavy atom. The summed E-state index contributed by atoms with van der Waals surface area (Å²) in [6.07, 6.45) is 1.72. The summed E-state index contributed by atoms with van der Waals surface area (Å²) in [7, 11) is 2.14. The van der Waals surface area contributed by atoms with Gasteiger partial charge in [-0.25, -0.2) is 0 Å². The summed E-state index contributed by atoms with van der Waals surface area (Å²) in [6, 6.07) is 6.07. The molecular formula is C15H19BrN6. The van der Waals surface area contributed by atoms with Crippen molar-refractivity contribution in [1.82, 2.24) is 20.1 Å². The van der Waals surface area contributed by atoms with E-state index in [0.717, 1.165) is 42.2 Å². The Morgan fingerprint density at radius 3 is 2.68 bits per heavy atom. The second kappa shape index (κ2) is 6.58. The molecule has 1 N–H and O–H groups in total. The first-order valence-electron chi connectivity index (χ1n) is 7.28. The Bertz CT molecular complexity index is 654. The number of nitrogens with zero attached hydrogens (tertiary/aromatic N) is 5. The molecule has 0 atom stereocenters. The lowest BCUT2D eigenvalue weighted by atomic mass is 10.2. The first-order chi connectivity index (χ1) is 10.6. The van der Waals surface area contributed by atoms with Crippen LogP contribution in [0, 0.1) is 6.92 Å². The maximum absolute atomic E-state index is 4.58. The molecule has 0 saturated carbocycles. The van der Waals surface area contributed by atoms with Gasteiger partial charge in [0.25, 0.3) is 0 Å². The maximum atomic E-state index is 4.58. The third kappa shape index (κ3) is 3.53. The minimum absolute atomic E-state index is 0.521. The lowest BCUT2D eigenvalue weighted by Crippen LogP contribution is -2.44. The van der Waals surface area contributed by atoms with E-state index in [0.29, 0.717) is 5.95 Å². The highest BCUT2D eigenvalue weighted by Gasteiger charge is 2.16. The van der Waals surface area contributed by atoms with Gasteiger partial charge >= 0.3 is 0 Å². The predicted molar refractivity (Wildman–Crippen MR) is 91.7 cm³/mol. The quantitative estimate of drug-likeness (QED) is 0.904. The standard InChI is InChI=1S/C15H19BrN6/c1-11-3-4-12(9-13(11)16)18-15-19-14(10-17-20-15)22-7-5-21(2)6-8-22/h3-4,9-10H,5-8H2,1-2H3,(H,18,19,20). The van der Waals surface area contributed by atoms with Gasteiger partial charge in [-0.05, 0) is 31.7 Å². The Labute approximate surface area is 138 Å². The average Bonchev–Trinajstić information content (AvgIpc) is 2.52. The summed E-state index contributed by atoms with van der Waals surface area (Å²) in [5.74, 6) is 1.39. The zero-order valence-corrected chi connectivity index (χ0v) is 14.3. The molecule has 1 aliphatic heterocycles. The van der Waals surface area contributed by atoms with Crippen molar-refractivity contribution in [3.05, 3.63) is 34.4 Å². The highest BCUT2D eigenvalue weighted by Crippen LogP contribution is 2.23. The fraction of sp³-hybridized carbons (Fsp3) is 0.400. The molecule has 0 amide bonds. The van der Waals surface area contributed by atoms with Crippen LogP contribution in [-0.4, -0.2) is 53.3 Å². The third-order valence-electron chi connectivity index (χ3n) is 3.80. The molecule has 3 rings (SSSR count). The van der Waals surface area contributed by atoms with Crippen molar-refractivity contribution in [3.8, 4) is 0 Å². The van der Waals surface area contributed by atoms with Gasteiger partial charge in [0.2, 0.25) is 5.95 Å². The van der Waals surface area contributed by atoms with Crippen molar-refractivity contribution in [3.63, 3.8) is 0 Å². The number of benzene rings is 1. The van der Waals surface area contributed by atoms with Gasteiger partial charge in [0, 0.05) is 36.3 Å². The van der Waals surface area contributed by atoms with E-state index in [9.17, 15) is 0 Å². The number of hydrogen-bond acceptors (Lipinski definition) is 6. The second-order valence-corrected chi connectivity index (χ2v) is 6.37. The minimum atomic E-state index is 0.521. The molecule has 6 nitrogen and oxygen atoms in total. The van der Waals surface area contributed by atoms with Gasteiger partial charge in [-0.15, -0.1) is 5.10 Å². The molecule has 1 saturated heterocycles. The fourth-order valence-corrected chi connectivity index (χ4v) is 2.71. The molecule has 2 aromatic rings. The molecule has 0 aliphatic carbocycles. The minimum Gasteiger partial charge on any atom is -0.353 e. The summed E-state index contributed by atoms with van der Waals surface area (Å²) in [4.78, 5) is 9.13. The van der Waals surface area contributed by atoms with Crippen LogP contribution in [0.3, 0.4) is 0 Å². The number of halogens is 1. The van der Waals surface area contributed by atoms with Gasteiger partial charge in [-0.1, -0.05) is 22.0 Å². The van der Waals surface area contributed by atoms with Crippen LogP contribution in [0.15, 0.2) is 28.9 Å². The summed E-state index contributed by atoms with van der Waals surface area (Å²) in [6.45, 7) is 6.06. The largest absolute Gasteiger partial charge is 0.353 e. The molecule has 2 heterocycles. The van der Waals surface area contributed by atoms with E-state index in [1.165, 1.54) is 5.56 Å². The van der Waals surface area contributed by atoms with Crippen molar-refractivity contribution >= 4 is 33.4 Å². The van der Waals surface area contributed by atoms with E-state index in [-0.39, 0.29) is 0 Å². The van der Waals surface area contributed by atoms with Gasteiger partial charge in [0.1, 0.15) is 0 Å². The summed E-state index contributed by atoms with van der Waals surface area (Å²) in [5, 5.41) is 11.4. The maximum Gasteiger partial charge on any atom is 0.249 e. The van der Waals surface area contributed by atoms with Crippen LogP contribution >= 0.6 is 15.9 Å². The lowest BCUT2D eigenvalue weighted by molar-refractivity contribution is 0.312. The monoisotopic (exact) mass is 362 g/mol. The first kappa shape index (κ1) is 15.2. The van der Waals surface area contributed by atoms with Crippen LogP contribution in [0.25, 0.3) is 0 Å². The summed E-state index contributed by atoms with van der Waals surface area (Å²) in [5.41, 5.74) is 2.13. The Hall–Kier alpha value is -1.73. The molecule has 0 radical (unpaired) electrons. The molecule has 7 heteroatoms. The molecule has 0 unspecified atom stereocenters. The van der Waals surface area contributed by atoms with Gasteiger partial charge in [-0.3, -0.25) is 0 Å². The molecule has 1 aliphatic rings. The predicted octanol–water partition coefficient (Wildman–Crippen LogP) is 2.44. The van der Waals surface area contributed by atoms with Gasteiger partial charge in [-0.2, -0.15) is 10.1 Å². The molecule has 116 valence electrons. The second-order valence-electron chi connectivity index (χ2n) is 5.52. The molecule has 1 fully saturated rings. The van der Waals surface area contributed by atoms with Crippen molar-refractivity contribution in [1.29, 1.82) is 0 Å². The van der Waals surface area contributed by atoms with E-state index in [4.69, 9.17) is 0 Å². The number of aromatic nitrogens is 3. The van der Waals surface area contributed by atoms with E-state index >= 15 is 0 Å². The number of nitrogens with one attached hydrogen (secondary N) is 1. The number of likely N-dealkylation sites (N-methyl/N-ethyl adjacent to an activating group) is 1. The molecule has 1 aromatic carbocycles. The van der Waals surface area contributed by atoms with Crippen LogP contribution in [0.4, 0.5) is 17.5 Å². The Morgan fingerprint density at radius 2 is 1.95 bits per heavy atom. The van der Waals surface area contributed by atoms with E-state index in [1.807, 2.05) is 18.2 Å². The van der Waals surface area contributed by atoms with Crippen molar-refractivity contribution in [2.24, 2.45) is 0 Å². The van der Waals surface area contributed by atoms with Crippen molar-refractivity contribution in [2.75, 3.05) is 43.4 Å². The van der Waals surface area contributed by atoms with Crippen LogP contribution in [0.5, 0.6) is 0 Å². The average molecular weight is 363 g/mol. The number of hydrogen-bond donors (Lipinski definition) is 1. The Kier molecular flexibility index (Phi) is 4.54. The number of piperazine rings is 1. The third-order valence-corrected chi connectivity index (χ3v) is 4.66. The SMILES string of the molecule is Cc1ccc(Nc2nncc(N3CCN(C)CC3)n2)cc1Br. The summed E-state index contributed by atoms with van der Waals surface area (Å²) >= 11 is 3.53. The normalized spacial score (nSPS) is 15.9. The van der Waals surface area contributed by atoms with E-state index in [2.05, 4.69) is 60.2 Å². The molecule has 0 bridgehead atoms. The van der Waals surface area contributed by atoms with Crippen LogP contribution in [-0.2, 0) is 0 Å². The molecule has 22 heavy (non-hydrogen) atoms. The van der Waals surface area contributed by atoms with E-state index in [1.54, 1.807) is 6.20 Å². The topological polar surface area (TPSA) is 57.2 Å². The van der Waals surface area contributed by atoms with Crippen molar-refractivity contribution in [2.45, 2.75) is 6.92 Å². The zero-order chi connectivity index (χ0) is 15.5. The van der Waals surface area contributed by atoms with Gasteiger partial charge in [0.05, 0.1) is 6.20 Å². The van der Waals surface area contributed by atoms with E-state index < -0.39 is 0 Å². The summed E-state index contributed by atoms with van der Waals surface area (Å²) < 4.78 is 1.06. The first-order valence-corrected chi connectivity index (χ1v) is 8.07. The fourth-order valence-electron chi connectivity index (χ4n) is 2.34. The number of rotatable bonds is 3. The van der Waals surface area contributed by atoms with Crippen LogP contribution < -0.4 is 10.2 Å². The highest BCUT2D eigenvalue weighted by molar-refractivity contribution is 9.10. The number of aryl methyl sites for hydroxylation is 1. The highest BCUT2D eigenvalue weighted by atomic mass is 79.9. The Balaban J connectivity index is 1.74. The smallest absolute Gasteiger partial charge is 0.249 e. The van der Waals surface area contributed by atoms with Gasteiger partial charge < -0.3 is 15.1 Å². The van der Waals surface area contributed by atoms with Crippen LogP contribution in [0.2, 0.25) is 0 Å². The molecule has 1 aromatic heterocycles. The molecule has 0 spiro atoms.